The van der Waals surface area contributed by atoms with E-state index in [2.05, 4.69) is 11.4 Å². The smallest absolute Gasteiger partial charge is 0.335 e. The van der Waals surface area contributed by atoms with Crippen LogP contribution in [0.5, 0.6) is 0 Å². The number of hydrogen-bond acceptors (Lipinski definition) is 3. The Morgan fingerprint density at radius 1 is 1.16 bits per heavy atom. The monoisotopic (exact) mass is 339 g/mol. The van der Waals surface area contributed by atoms with E-state index in [1.54, 1.807) is 12.1 Å². The van der Waals surface area contributed by atoms with Crippen molar-refractivity contribution in [3.63, 3.8) is 0 Å². The molecule has 2 aliphatic carbocycles. The number of amides is 1. The predicted octanol–water partition coefficient (Wildman–Crippen LogP) is 2.64. The molecule has 4 unspecified atom stereocenters. The largest absolute Gasteiger partial charge is 0.478 e. The molecule has 1 saturated heterocycles. The van der Waals surface area contributed by atoms with Crippen LogP contribution in [0.1, 0.15) is 40.4 Å². The molecule has 1 aromatic rings. The molecule has 1 fully saturated rings. The summed E-state index contributed by atoms with van der Waals surface area (Å²) in [6.07, 6.45) is 10.4. The van der Waals surface area contributed by atoms with Crippen molar-refractivity contribution >= 4 is 11.9 Å². The molecule has 2 N–H and O–H groups in total. The van der Waals surface area contributed by atoms with E-state index >= 15 is 0 Å². The Bertz CT molecular complexity index is 767. The molecule has 25 heavy (non-hydrogen) atoms. The first-order valence-corrected chi connectivity index (χ1v) is 8.76. The minimum atomic E-state index is -0.939. The normalized spacial score (nSPS) is 29.8. The number of aryl methyl sites for hydroxylation is 1. The van der Waals surface area contributed by atoms with Gasteiger partial charge >= 0.3 is 5.97 Å². The number of carbonyl (C=O) groups excluding carboxylic acids is 1. The van der Waals surface area contributed by atoms with E-state index in [-0.39, 0.29) is 35.5 Å². The Morgan fingerprint density at radius 3 is 2.84 bits per heavy atom. The van der Waals surface area contributed by atoms with Crippen LogP contribution in [0, 0.1) is 11.8 Å². The van der Waals surface area contributed by atoms with Gasteiger partial charge in [-0.05, 0) is 42.5 Å². The number of benzene rings is 1. The summed E-state index contributed by atoms with van der Waals surface area (Å²) >= 11 is 0. The van der Waals surface area contributed by atoms with Gasteiger partial charge in [0.05, 0.1) is 17.7 Å². The molecule has 1 aromatic carbocycles. The van der Waals surface area contributed by atoms with Gasteiger partial charge in [-0.1, -0.05) is 30.4 Å². The minimum Gasteiger partial charge on any atom is -0.478 e. The van der Waals surface area contributed by atoms with E-state index in [9.17, 15) is 14.7 Å². The van der Waals surface area contributed by atoms with Crippen LogP contribution in [0.3, 0.4) is 0 Å². The molecule has 1 amide bonds. The highest BCUT2D eigenvalue weighted by molar-refractivity contribution is 5.88. The first-order chi connectivity index (χ1) is 12.1. The maximum absolute atomic E-state index is 12.9. The molecule has 0 saturated carbocycles. The lowest BCUT2D eigenvalue weighted by molar-refractivity contribution is -0.132. The van der Waals surface area contributed by atoms with Gasteiger partial charge in [0.2, 0.25) is 5.91 Å². The molecule has 5 nitrogen and oxygen atoms in total. The number of fused-ring (bicyclic) bond motifs is 2. The summed E-state index contributed by atoms with van der Waals surface area (Å²) in [7, 11) is 0. The van der Waals surface area contributed by atoms with Crippen molar-refractivity contribution < 1.29 is 19.4 Å². The second-order valence-corrected chi connectivity index (χ2v) is 6.90. The van der Waals surface area contributed by atoms with Gasteiger partial charge in [0.25, 0.3) is 0 Å². The summed E-state index contributed by atoms with van der Waals surface area (Å²) in [4.78, 5) is 24.1. The molecule has 5 heteroatoms. The van der Waals surface area contributed by atoms with Gasteiger partial charge in [-0.25, -0.2) is 4.79 Å². The van der Waals surface area contributed by atoms with Gasteiger partial charge in [-0.15, -0.1) is 0 Å². The molecule has 0 spiro atoms. The fraction of sp³-hybridized carbons (Fsp3) is 0.400. The van der Waals surface area contributed by atoms with Crippen molar-refractivity contribution in [2.75, 3.05) is 6.61 Å². The lowest BCUT2D eigenvalue weighted by atomic mass is 9.80. The zero-order chi connectivity index (χ0) is 17.4. The van der Waals surface area contributed by atoms with Crippen molar-refractivity contribution in [3.05, 3.63) is 59.2 Å². The summed E-state index contributed by atoms with van der Waals surface area (Å²) in [6, 6.07) is 5.09. The number of carbonyl (C=O) groups is 2. The van der Waals surface area contributed by atoms with Crippen LogP contribution in [0.25, 0.3) is 0 Å². The fourth-order valence-corrected chi connectivity index (χ4v) is 4.13. The molecule has 3 aliphatic rings. The van der Waals surface area contributed by atoms with Crippen LogP contribution in [0.2, 0.25) is 0 Å². The van der Waals surface area contributed by atoms with Gasteiger partial charge in [0.15, 0.2) is 0 Å². The predicted molar refractivity (Wildman–Crippen MR) is 92.2 cm³/mol. The third-order valence-corrected chi connectivity index (χ3v) is 5.45. The van der Waals surface area contributed by atoms with E-state index in [0.717, 1.165) is 24.0 Å². The maximum Gasteiger partial charge on any atom is 0.335 e. The van der Waals surface area contributed by atoms with Crippen LogP contribution >= 0.6 is 0 Å². The van der Waals surface area contributed by atoms with Crippen molar-refractivity contribution in [2.24, 2.45) is 11.8 Å². The van der Waals surface area contributed by atoms with Gasteiger partial charge in [0, 0.05) is 18.4 Å². The summed E-state index contributed by atoms with van der Waals surface area (Å²) in [5.74, 6) is -0.931. The number of rotatable bonds is 3. The average molecular weight is 339 g/mol. The number of carboxylic acid groups (broad SMARTS) is 1. The molecule has 1 heterocycles. The van der Waals surface area contributed by atoms with Crippen LogP contribution in [-0.4, -0.2) is 29.7 Å². The number of carboxylic acids is 1. The van der Waals surface area contributed by atoms with Gasteiger partial charge in [-0.3, -0.25) is 4.79 Å². The number of nitrogens with one attached hydrogen (secondary N) is 1. The zero-order valence-electron chi connectivity index (χ0n) is 13.9. The molecule has 1 aliphatic heterocycles. The zero-order valence-corrected chi connectivity index (χ0v) is 13.9. The maximum atomic E-state index is 12.9. The average Bonchev–Trinajstić information content (AvgIpc) is 3.03. The topological polar surface area (TPSA) is 75.6 Å². The molecular formula is C20H21NO4. The summed E-state index contributed by atoms with van der Waals surface area (Å²) in [6.45, 7) is 0.585. The van der Waals surface area contributed by atoms with Crippen molar-refractivity contribution in [1.29, 1.82) is 0 Å². The standard InChI is InChI=1S/C20H21NO4/c22-19(15-9-10-25-18-4-2-1-3-14(15)18)21-17-8-7-12-5-6-13(20(23)24)11-16(12)17/h1-6,11,14-15,17-18H,7-10H2,(H,21,22)(H,23,24). The molecule has 130 valence electrons. The lowest BCUT2D eigenvalue weighted by Crippen LogP contribution is -2.44. The van der Waals surface area contributed by atoms with Crippen LogP contribution < -0.4 is 5.32 Å². The highest BCUT2D eigenvalue weighted by Gasteiger charge is 2.37. The minimum absolute atomic E-state index is 0.0241. The molecule has 0 aromatic heterocycles. The molecule has 0 bridgehead atoms. The summed E-state index contributed by atoms with van der Waals surface area (Å²) in [5.41, 5.74) is 2.34. The number of aromatic carboxylic acids is 1. The molecule has 4 atom stereocenters. The van der Waals surface area contributed by atoms with E-state index in [1.807, 2.05) is 24.3 Å². The second-order valence-electron chi connectivity index (χ2n) is 6.90. The SMILES string of the molecule is O=C(O)c1ccc2c(c1)C(NC(=O)C1CCOC3C=CC=CC31)CC2. The number of hydrogen-bond donors (Lipinski definition) is 2. The molecule has 4 rings (SSSR count). The van der Waals surface area contributed by atoms with E-state index in [1.165, 1.54) is 0 Å². The van der Waals surface area contributed by atoms with Gasteiger partial charge in [-0.2, -0.15) is 0 Å². The third-order valence-electron chi connectivity index (χ3n) is 5.45. The number of allylic oxidation sites excluding steroid dienone is 2. The third kappa shape index (κ3) is 3.00. The lowest BCUT2D eigenvalue weighted by Gasteiger charge is -2.36. The van der Waals surface area contributed by atoms with Crippen molar-refractivity contribution in [3.8, 4) is 0 Å². The quantitative estimate of drug-likeness (QED) is 0.888. The summed E-state index contributed by atoms with van der Waals surface area (Å²) < 4.78 is 5.75. The van der Waals surface area contributed by atoms with Crippen LogP contribution in [0.4, 0.5) is 0 Å². The Balaban J connectivity index is 1.51. The van der Waals surface area contributed by atoms with E-state index in [4.69, 9.17) is 4.74 Å². The highest BCUT2D eigenvalue weighted by atomic mass is 16.5. The van der Waals surface area contributed by atoms with Gasteiger partial charge in [0.1, 0.15) is 0 Å². The van der Waals surface area contributed by atoms with Crippen molar-refractivity contribution in [1.82, 2.24) is 5.32 Å². The first kappa shape index (κ1) is 16.1. The molecular weight excluding hydrogens is 318 g/mol. The highest BCUT2D eigenvalue weighted by Crippen LogP contribution is 2.35. The second kappa shape index (κ2) is 6.48. The van der Waals surface area contributed by atoms with Crippen molar-refractivity contribution in [2.45, 2.75) is 31.4 Å². The Hall–Kier alpha value is -2.40. The Morgan fingerprint density at radius 2 is 2.00 bits per heavy atom. The first-order valence-electron chi connectivity index (χ1n) is 8.76. The Labute approximate surface area is 146 Å². The summed E-state index contributed by atoms with van der Waals surface area (Å²) in [5, 5.41) is 12.4. The molecule has 0 radical (unpaired) electrons. The van der Waals surface area contributed by atoms with Gasteiger partial charge < -0.3 is 15.2 Å². The number of ether oxygens (including phenoxy) is 1. The van der Waals surface area contributed by atoms with E-state index < -0.39 is 5.97 Å². The van der Waals surface area contributed by atoms with Crippen LogP contribution in [-0.2, 0) is 16.0 Å². The van der Waals surface area contributed by atoms with Crippen LogP contribution in [0.15, 0.2) is 42.5 Å². The fourth-order valence-electron chi connectivity index (χ4n) is 4.13. The Kier molecular flexibility index (Phi) is 4.17. The van der Waals surface area contributed by atoms with E-state index in [0.29, 0.717) is 13.0 Å².